The highest BCUT2D eigenvalue weighted by Crippen LogP contribution is 2.28. The zero-order valence-corrected chi connectivity index (χ0v) is 27.1. The maximum atomic E-state index is 13.9. The van der Waals surface area contributed by atoms with Crippen LogP contribution >= 0.6 is 0 Å². The van der Waals surface area contributed by atoms with Crippen LogP contribution in [0.3, 0.4) is 0 Å². The molecule has 5 rings (SSSR count). The van der Waals surface area contributed by atoms with Crippen LogP contribution in [-0.4, -0.2) is 52.4 Å². The maximum Gasteiger partial charge on any atom is 0.409 e. The van der Waals surface area contributed by atoms with Crippen molar-refractivity contribution in [3.8, 4) is 0 Å². The Bertz CT molecular complexity index is 1420. The van der Waals surface area contributed by atoms with Crippen molar-refractivity contribution < 1.29 is 13.7 Å². The van der Waals surface area contributed by atoms with Gasteiger partial charge < -0.3 is 9.64 Å². The fourth-order valence-corrected chi connectivity index (χ4v) is 7.30. The number of amides is 1. The van der Waals surface area contributed by atoms with E-state index in [4.69, 9.17) is 4.74 Å². The zero-order chi connectivity index (χ0) is 31.3. The number of rotatable bonds is 14. The van der Waals surface area contributed by atoms with E-state index in [1.165, 1.54) is 16.7 Å². The van der Waals surface area contributed by atoms with Crippen molar-refractivity contribution in [2.24, 2.45) is 0 Å². The predicted molar refractivity (Wildman–Crippen MR) is 183 cm³/mol. The first-order valence-electron chi connectivity index (χ1n) is 16.2. The van der Waals surface area contributed by atoms with Crippen LogP contribution in [-0.2, 0) is 35.2 Å². The molecule has 45 heavy (non-hydrogen) atoms. The Morgan fingerprint density at radius 1 is 0.778 bits per heavy atom. The molecular weight excluding hydrogens is 579 g/mol. The lowest BCUT2D eigenvalue weighted by atomic mass is 10.0. The van der Waals surface area contributed by atoms with Crippen LogP contribution in [0.5, 0.6) is 0 Å². The molecule has 0 aliphatic carbocycles. The van der Waals surface area contributed by atoms with Crippen LogP contribution in [0.1, 0.15) is 49.3 Å². The van der Waals surface area contributed by atoms with E-state index in [0.29, 0.717) is 19.7 Å². The van der Waals surface area contributed by atoms with Crippen LogP contribution in [0.2, 0.25) is 0 Å². The summed E-state index contributed by atoms with van der Waals surface area (Å²) in [4.78, 5) is 18.0. The smallest absolute Gasteiger partial charge is 0.409 e. The second-order valence-electron chi connectivity index (χ2n) is 11.7. The van der Waals surface area contributed by atoms with E-state index in [2.05, 4.69) is 72.5 Å². The number of nitrogens with zero attached hydrogens (tertiary/aromatic N) is 3. The molecule has 1 saturated heterocycles. The second-order valence-corrected chi connectivity index (χ2v) is 13.0. The van der Waals surface area contributed by atoms with E-state index < -0.39 is 11.0 Å². The third-order valence-electron chi connectivity index (χ3n) is 8.25. The molecule has 0 spiro atoms. The lowest BCUT2D eigenvalue weighted by Gasteiger charge is -2.38. The zero-order valence-electron chi connectivity index (χ0n) is 26.3. The van der Waals surface area contributed by atoms with E-state index in [1.54, 1.807) is 4.90 Å². The first-order chi connectivity index (χ1) is 22.1. The molecule has 1 fully saturated rings. The number of anilines is 1. The average Bonchev–Trinajstić information content (AvgIpc) is 3.09. The monoisotopic (exact) mass is 623 g/mol. The quantitative estimate of drug-likeness (QED) is 0.134. The van der Waals surface area contributed by atoms with Crippen molar-refractivity contribution in [2.45, 2.75) is 63.1 Å². The molecule has 1 aliphatic rings. The van der Waals surface area contributed by atoms with Gasteiger partial charge in [-0.15, -0.1) is 0 Å². The number of benzene rings is 4. The van der Waals surface area contributed by atoms with Crippen molar-refractivity contribution >= 4 is 22.8 Å². The SMILES string of the molecule is CCCc1ccc(S(=O)N(c2ccccc2)C2CCN(C(=O)OCCCN(Cc3ccccc3)Cc3ccccc3)CC2)cc1. The van der Waals surface area contributed by atoms with Gasteiger partial charge in [0.15, 0.2) is 11.0 Å². The number of para-hydroxylation sites is 1. The van der Waals surface area contributed by atoms with E-state index in [0.717, 1.165) is 62.3 Å². The summed E-state index contributed by atoms with van der Waals surface area (Å²) in [5.74, 6) is 0. The minimum absolute atomic E-state index is 0.0529. The summed E-state index contributed by atoms with van der Waals surface area (Å²) in [5, 5.41) is 0. The van der Waals surface area contributed by atoms with Gasteiger partial charge in [0.1, 0.15) is 0 Å². The van der Waals surface area contributed by atoms with E-state index >= 15 is 0 Å². The second kappa shape index (κ2) is 16.9. The molecule has 0 radical (unpaired) electrons. The molecule has 6 nitrogen and oxygen atoms in total. The van der Waals surface area contributed by atoms with Gasteiger partial charge >= 0.3 is 6.09 Å². The van der Waals surface area contributed by atoms with Gasteiger partial charge in [-0.05, 0) is 66.6 Å². The predicted octanol–water partition coefficient (Wildman–Crippen LogP) is 7.86. The summed E-state index contributed by atoms with van der Waals surface area (Å²) >= 11 is 0. The lowest BCUT2D eigenvalue weighted by Crippen LogP contribution is -2.47. The highest BCUT2D eigenvalue weighted by Gasteiger charge is 2.31. The van der Waals surface area contributed by atoms with Crippen LogP contribution < -0.4 is 4.31 Å². The Kier molecular flexibility index (Phi) is 12.2. The van der Waals surface area contributed by atoms with Gasteiger partial charge in [0.05, 0.1) is 11.5 Å². The van der Waals surface area contributed by atoms with Gasteiger partial charge in [0.25, 0.3) is 0 Å². The number of ether oxygens (including phenoxy) is 1. The van der Waals surface area contributed by atoms with Gasteiger partial charge in [-0.1, -0.05) is 104 Å². The van der Waals surface area contributed by atoms with Crippen molar-refractivity contribution in [2.75, 3.05) is 30.5 Å². The topological polar surface area (TPSA) is 53.1 Å². The molecule has 1 heterocycles. The molecule has 0 aromatic heterocycles. The normalized spacial score (nSPS) is 14.3. The van der Waals surface area contributed by atoms with E-state index in [9.17, 15) is 9.00 Å². The third-order valence-corrected chi connectivity index (χ3v) is 9.79. The number of hydrogen-bond acceptors (Lipinski definition) is 4. The third kappa shape index (κ3) is 9.52. The van der Waals surface area contributed by atoms with Crippen LogP contribution in [0.25, 0.3) is 0 Å². The summed E-state index contributed by atoms with van der Waals surface area (Å²) in [6.07, 6.45) is 4.06. The van der Waals surface area contributed by atoms with Gasteiger partial charge in [0, 0.05) is 44.5 Å². The van der Waals surface area contributed by atoms with Crippen molar-refractivity contribution in [1.29, 1.82) is 0 Å². The number of piperidine rings is 1. The van der Waals surface area contributed by atoms with Gasteiger partial charge in [-0.3, -0.25) is 9.21 Å². The average molecular weight is 624 g/mol. The molecule has 4 aromatic rings. The summed E-state index contributed by atoms with van der Waals surface area (Å²) in [6, 6.07) is 39.2. The minimum atomic E-state index is -1.35. The number of carbonyl (C=O) groups is 1. The summed E-state index contributed by atoms with van der Waals surface area (Å²) in [6.45, 7) is 6.22. The summed E-state index contributed by atoms with van der Waals surface area (Å²) < 4.78 is 21.7. The molecule has 1 amide bonds. The summed E-state index contributed by atoms with van der Waals surface area (Å²) in [5.41, 5.74) is 4.74. The first-order valence-corrected chi connectivity index (χ1v) is 17.3. The highest BCUT2D eigenvalue weighted by molar-refractivity contribution is 7.86. The van der Waals surface area contributed by atoms with E-state index in [1.807, 2.05) is 58.9 Å². The molecule has 4 aromatic carbocycles. The van der Waals surface area contributed by atoms with Crippen LogP contribution in [0.4, 0.5) is 10.5 Å². The number of carbonyl (C=O) groups excluding carboxylic acids is 1. The lowest BCUT2D eigenvalue weighted by molar-refractivity contribution is 0.0883. The van der Waals surface area contributed by atoms with Crippen LogP contribution in [0, 0.1) is 0 Å². The number of hydrogen-bond donors (Lipinski definition) is 0. The molecule has 0 saturated carbocycles. The Morgan fingerprint density at radius 2 is 1.33 bits per heavy atom. The Morgan fingerprint density at radius 3 is 1.89 bits per heavy atom. The standard InChI is InChI=1S/C38H45N3O3S/c1-2-13-32-20-22-37(23-21-32)45(43)41(35-18-10-5-11-19-35)36-24-27-40(28-25-36)38(42)44-29-12-26-39(30-33-14-6-3-7-15-33)31-34-16-8-4-9-17-34/h3-11,14-23,36H,2,12-13,24-31H2,1H3. The summed E-state index contributed by atoms with van der Waals surface area (Å²) in [7, 11) is -1.35. The minimum Gasteiger partial charge on any atom is -0.449 e. The van der Waals surface area contributed by atoms with Crippen molar-refractivity contribution in [3.05, 3.63) is 132 Å². The fraction of sp³-hybridized carbons (Fsp3) is 0.342. The molecule has 1 unspecified atom stereocenters. The van der Waals surface area contributed by atoms with Gasteiger partial charge in [-0.25, -0.2) is 9.00 Å². The molecule has 1 aliphatic heterocycles. The van der Waals surface area contributed by atoms with Crippen LogP contribution in [0.15, 0.2) is 120 Å². The molecule has 7 heteroatoms. The van der Waals surface area contributed by atoms with Crippen molar-refractivity contribution in [3.63, 3.8) is 0 Å². The van der Waals surface area contributed by atoms with Gasteiger partial charge in [0.2, 0.25) is 0 Å². The first kappa shape index (κ1) is 32.5. The molecule has 236 valence electrons. The Balaban J connectivity index is 1.13. The number of likely N-dealkylation sites (tertiary alicyclic amines) is 1. The molecule has 0 N–H and O–H groups in total. The highest BCUT2D eigenvalue weighted by atomic mass is 32.2. The molecule has 0 bridgehead atoms. The maximum absolute atomic E-state index is 13.9. The Hall–Kier alpha value is -3.94. The molecule has 1 atom stereocenters. The fourth-order valence-electron chi connectivity index (χ4n) is 5.91. The van der Waals surface area contributed by atoms with Crippen molar-refractivity contribution in [1.82, 2.24) is 9.80 Å². The number of aryl methyl sites for hydroxylation is 1. The van der Waals surface area contributed by atoms with Gasteiger partial charge in [-0.2, -0.15) is 0 Å². The molecular formula is C38H45N3O3S. The Labute approximate surface area is 271 Å². The van der Waals surface area contributed by atoms with E-state index in [-0.39, 0.29) is 12.1 Å². The largest absolute Gasteiger partial charge is 0.449 e.